The average Bonchev–Trinajstić information content (AvgIpc) is 2.94. The third kappa shape index (κ3) is 2.95. The zero-order chi connectivity index (χ0) is 15.9. The van der Waals surface area contributed by atoms with Crippen LogP contribution in [0.4, 0.5) is 0 Å². The summed E-state index contributed by atoms with van der Waals surface area (Å²) in [5.74, 6) is 0. The quantitative estimate of drug-likeness (QED) is 0.762. The maximum Gasteiger partial charge on any atom is 0.0934 e. The number of halogens is 1. The van der Waals surface area contributed by atoms with Gasteiger partial charge < -0.3 is 0 Å². The Morgan fingerprint density at radius 1 is 1.30 bits per heavy atom. The van der Waals surface area contributed by atoms with Crippen LogP contribution in [-0.4, -0.2) is 23.0 Å². The van der Waals surface area contributed by atoms with Crippen molar-refractivity contribution in [1.29, 1.82) is 0 Å². The van der Waals surface area contributed by atoms with Gasteiger partial charge >= 0.3 is 0 Å². The molecule has 0 aromatic carbocycles. The Hall–Kier alpha value is -0.900. The Labute approximate surface area is 147 Å². The van der Waals surface area contributed by atoms with Crippen LogP contribution in [-0.2, 0) is 18.4 Å². The van der Waals surface area contributed by atoms with Crippen molar-refractivity contribution in [2.24, 2.45) is 0 Å². The van der Waals surface area contributed by atoms with Crippen molar-refractivity contribution in [2.45, 2.75) is 51.0 Å². The Morgan fingerprint density at radius 3 is 2.91 bits per heavy atom. The summed E-state index contributed by atoms with van der Waals surface area (Å²) in [6.07, 6.45) is 10.3. The van der Waals surface area contributed by atoms with Gasteiger partial charge in [0, 0.05) is 29.2 Å². The highest BCUT2D eigenvalue weighted by atomic mass is 35.5. The highest BCUT2D eigenvalue weighted by Gasteiger charge is 2.40. The number of aromatic nitrogens is 1. The summed E-state index contributed by atoms with van der Waals surface area (Å²) < 4.78 is 0.978. The number of hydrogen-bond donors (Lipinski definition) is 0. The van der Waals surface area contributed by atoms with Crippen LogP contribution in [0.25, 0.3) is 0 Å². The number of hydrogen-bond acceptors (Lipinski definition) is 3. The standard InChI is InChI=1S/C19H23ClN2S/c1-14-12-21-8-4-16(14)13-22-9-6-19(7-10-22)5-2-3-15-11-17(20)23-18(15)19/h4,8,11-12H,2-3,5-7,9-10,13H2,1H3. The lowest BCUT2D eigenvalue weighted by Crippen LogP contribution is -2.43. The largest absolute Gasteiger partial charge is 0.299 e. The van der Waals surface area contributed by atoms with E-state index in [-0.39, 0.29) is 0 Å². The molecule has 2 aliphatic rings. The molecule has 0 N–H and O–H groups in total. The Morgan fingerprint density at radius 2 is 2.13 bits per heavy atom. The molecule has 2 aromatic rings. The van der Waals surface area contributed by atoms with E-state index in [9.17, 15) is 0 Å². The van der Waals surface area contributed by atoms with Gasteiger partial charge in [0.25, 0.3) is 0 Å². The first-order valence-electron chi connectivity index (χ1n) is 8.57. The first-order chi connectivity index (χ1) is 11.2. The lowest BCUT2D eigenvalue weighted by molar-refractivity contribution is 0.141. The fraction of sp³-hybridized carbons (Fsp3) is 0.526. The fourth-order valence-corrected chi connectivity index (χ4v) is 5.87. The fourth-order valence-electron chi connectivity index (χ4n) is 4.30. The number of aryl methyl sites for hydroxylation is 2. The topological polar surface area (TPSA) is 16.1 Å². The van der Waals surface area contributed by atoms with Crippen LogP contribution in [0, 0.1) is 6.92 Å². The molecule has 1 saturated heterocycles. The van der Waals surface area contributed by atoms with E-state index >= 15 is 0 Å². The van der Waals surface area contributed by atoms with Crippen LogP contribution in [0.2, 0.25) is 4.34 Å². The minimum absolute atomic E-state index is 0.412. The molecule has 23 heavy (non-hydrogen) atoms. The molecule has 4 heteroatoms. The molecule has 1 aliphatic carbocycles. The van der Waals surface area contributed by atoms with Crippen molar-refractivity contribution in [3.05, 3.63) is 50.4 Å². The van der Waals surface area contributed by atoms with Gasteiger partial charge in [-0.25, -0.2) is 0 Å². The highest BCUT2D eigenvalue weighted by Crippen LogP contribution is 2.49. The van der Waals surface area contributed by atoms with Gasteiger partial charge in [0.15, 0.2) is 0 Å². The van der Waals surface area contributed by atoms with Gasteiger partial charge in [-0.15, -0.1) is 11.3 Å². The van der Waals surface area contributed by atoms with E-state index in [1.54, 1.807) is 4.88 Å². The predicted octanol–water partition coefficient (Wildman–Crippen LogP) is 4.98. The zero-order valence-electron chi connectivity index (χ0n) is 13.6. The Bertz CT molecular complexity index is 701. The van der Waals surface area contributed by atoms with Gasteiger partial charge in [-0.2, -0.15) is 0 Å². The monoisotopic (exact) mass is 346 g/mol. The first kappa shape index (κ1) is 15.6. The Balaban J connectivity index is 1.48. The molecule has 0 bridgehead atoms. The molecule has 0 radical (unpaired) electrons. The lowest BCUT2D eigenvalue weighted by atomic mass is 9.69. The summed E-state index contributed by atoms with van der Waals surface area (Å²) in [6.45, 7) is 5.60. The van der Waals surface area contributed by atoms with Gasteiger partial charge in [-0.1, -0.05) is 11.6 Å². The van der Waals surface area contributed by atoms with Crippen molar-refractivity contribution < 1.29 is 0 Å². The molecule has 0 saturated carbocycles. The van der Waals surface area contributed by atoms with Crippen LogP contribution in [0.5, 0.6) is 0 Å². The van der Waals surface area contributed by atoms with Crippen molar-refractivity contribution in [1.82, 2.24) is 9.88 Å². The van der Waals surface area contributed by atoms with Crippen LogP contribution < -0.4 is 0 Å². The maximum atomic E-state index is 6.31. The second-order valence-electron chi connectivity index (χ2n) is 7.12. The van der Waals surface area contributed by atoms with E-state index in [0.717, 1.165) is 10.9 Å². The normalized spacial score (nSPS) is 20.6. The van der Waals surface area contributed by atoms with Gasteiger partial charge in [0.1, 0.15) is 0 Å². The van der Waals surface area contributed by atoms with Crippen LogP contribution in [0.1, 0.15) is 47.3 Å². The van der Waals surface area contributed by atoms with Gasteiger partial charge in [0.2, 0.25) is 0 Å². The third-order valence-electron chi connectivity index (χ3n) is 5.71. The molecular formula is C19H23ClN2S. The minimum Gasteiger partial charge on any atom is -0.299 e. The van der Waals surface area contributed by atoms with E-state index in [1.165, 1.54) is 61.9 Å². The number of thiophene rings is 1. The first-order valence-corrected chi connectivity index (χ1v) is 9.76. The molecule has 3 heterocycles. The number of fused-ring (bicyclic) bond motifs is 2. The molecule has 2 nitrogen and oxygen atoms in total. The molecule has 0 unspecified atom stereocenters. The lowest BCUT2D eigenvalue weighted by Gasteiger charge is -2.44. The van der Waals surface area contributed by atoms with Gasteiger partial charge in [0.05, 0.1) is 4.34 Å². The van der Waals surface area contributed by atoms with Crippen LogP contribution >= 0.6 is 22.9 Å². The maximum absolute atomic E-state index is 6.31. The summed E-state index contributed by atoms with van der Waals surface area (Å²) >= 11 is 8.15. The predicted molar refractivity (Wildman–Crippen MR) is 97.4 cm³/mol. The van der Waals surface area contributed by atoms with Crippen molar-refractivity contribution >= 4 is 22.9 Å². The smallest absolute Gasteiger partial charge is 0.0934 e. The molecule has 1 spiro atoms. The van der Waals surface area contributed by atoms with Crippen LogP contribution in [0.3, 0.4) is 0 Å². The number of piperidine rings is 1. The molecular weight excluding hydrogens is 324 g/mol. The average molecular weight is 347 g/mol. The molecule has 1 fully saturated rings. The molecule has 2 aromatic heterocycles. The summed E-state index contributed by atoms with van der Waals surface area (Å²) in [5.41, 5.74) is 4.66. The number of rotatable bonds is 2. The minimum atomic E-state index is 0.412. The number of pyridine rings is 1. The summed E-state index contributed by atoms with van der Waals surface area (Å²) in [6, 6.07) is 4.38. The molecule has 4 rings (SSSR count). The molecule has 122 valence electrons. The van der Waals surface area contributed by atoms with E-state index < -0.39 is 0 Å². The number of likely N-dealkylation sites (tertiary alicyclic amines) is 1. The summed E-state index contributed by atoms with van der Waals surface area (Å²) in [7, 11) is 0. The second kappa shape index (κ2) is 6.19. The van der Waals surface area contributed by atoms with Crippen molar-refractivity contribution in [2.75, 3.05) is 13.1 Å². The van der Waals surface area contributed by atoms with E-state index in [2.05, 4.69) is 28.9 Å². The third-order valence-corrected chi connectivity index (χ3v) is 7.26. The van der Waals surface area contributed by atoms with E-state index in [1.807, 2.05) is 23.7 Å². The number of nitrogens with zero attached hydrogens (tertiary/aromatic N) is 2. The summed E-state index contributed by atoms with van der Waals surface area (Å²) in [5, 5.41) is 0. The molecule has 0 amide bonds. The van der Waals surface area contributed by atoms with Crippen molar-refractivity contribution in [3.63, 3.8) is 0 Å². The zero-order valence-corrected chi connectivity index (χ0v) is 15.2. The van der Waals surface area contributed by atoms with Crippen LogP contribution in [0.15, 0.2) is 24.5 Å². The van der Waals surface area contributed by atoms with Gasteiger partial charge in [-0.3, -0.25) is 9.88 Å². The summed E-state index contributed by atoms with van der Waals surface area (Å²) in [4.78, 5) is 8.42. The van der Waals surface area contributed by atoms with Crippen molar-refractivity contribution in [3.8, 4) is 0 Å². The molecule has 0 atom stereocenters. The second-order valence-corrected chi connectivity index (χ2v) is 8.80. The molecule has 1 aliphatic heterocycles. The Kier molecular flexibility index (Phi) is 4.21. The van der Waals surface area contributed by atoms with Gasteiger partial charge in [-0.05, 0) is 80.9 Å². The highest BCUT2D eigenvalue weighted by molar-refractivity contribution is 7.16. The van der Waals surface area contributed by atoms with E-state index in [0.29, 0.717) is 5.41 Å². The van der Waals surface area contributed by atoms with E-state index in [4.69, 9.17) is 11.6 Å². The SMILES string of the molecule is Cc1cnccc1CN1CCC2(CCCc3cc(Cl)sc32)CC1.